The highest BCUT2D eigenvalue weighted by Gasteiger charge is 2.47. The minimum atomic E-state index is -0.506. The highest BCUT2D eigenvalue weighted by Crippen LogP contribution is 2.56. The smallest absolute Gasteiger partial charge is 0.309 e. The van der Waals surface area contributed by atoms with Crippen LogP contribution >= 0.6 is 0 Å². The van der Waals surface area contributed by atoms with Crippen LogP contribution in [0.1, 0.15) is 33.5 Å². The maximum atomic E-state index is 5.09. The van der Waals surface area contributed by atoms with Gasteiger partial charge in [0.15, 0.2) is 0 Å². The summed E-state index contributed by atoms with van der Waals surface area (Å²) in [5.74, 6) is 0. The van der Waals surface area contributed by atoms with Crippen molar-refractivity contribution in [3.63, 3.8) is 0 Å². The first kappa shape index (κ1) is 30.8. The van der Waals surface area contributed by atoms with E-state index in [1.165, 1.54) is 44.1 Å². The lowest BCUT2D eigenvalue weighted by molar-refractivity contribution is 0.767. The Morgan fingerprint density at radius 3 is 1.89 bits per heavy atom. The van der Waals surface area contributed by atoms with E-state index in [0.29, 0.717) is 0 Å². The van der Waals surface area contributed by atoms with Gasteiger partial charge >= 0.3 is 12.4 Å². The summed E-state index contributed by atoms with van der Waals surface area (Å²) in [6.07, 6.45) is 9.58. The molecule has 5 nitrogen and oxygen atoms in total. The molecule has 0 saturated carbocycles. The van der Waals surface area contributed by atoms with E-state index in [0.717, 1.165) is 55.9 Å². The lowest BCUT2D eigenvalue weighted by atomic mass is 9.68. The summed E-state index contributed by atoms with van der Waals surface area (Å²) in [5.41, 5.74) is 16.8. The van der Waals surface area contributed by atoms with Gasteiger partial charge in [-0.25, -0.2) is 0 Å². The van der Waals surface area contributed by atoms with Crippen LogP contribution in [0.15, 0.2) is 182 Å². The van der Waals surface area contributed by atoms with Crippen molar-refractivity contribution >= 4 is 45.1 Å². The molecule has 1 aliphatic heterocycles. The molecular formula is C51H32N5+. The molecule has 10 aromatic rings. The number of hydrogen-bond donors (Lipinski definition) is 0. The van der Waals surface area contributed by atoms with Crippen molar-refractivity contribution in [3.05, 3.63) is 216 Å². The van der Waals surface area contributed by atoms with Crippen LogP contribution in [0.5, 0.6) is 0 Å². The van der Waals surface area contributed by atoms with Gasteiger partial charge in [0.25, 0.3) is 0 Å². The minimum Gasteiger partial charge on any atom is -0.309 e. The Bertz CT molecular complexity index is 3220. The summed E-state index contributed by atoms with van der Waals surface area (Å²) < 4.78 is 9.10. The SMILES string of the molecule is C1=[N+]=Cc2c1c1ccncc1n2-c1ccc(-c2ccc(-n3c4ccccc4c4cc5c(cc43)-c3ncccc3C5(c3ccccc3)c3ccccc3)cc2)cc1. The predicted octanol–water partition coefficient (Wildman–Crippen LogP) is 10.5. The summed E-state index contributed by atoms with van der Waals surface area (Å²) in [5, 5.41) is 3.62. The van der Waals surface area contributed by atoms with E-state index in [1.54, 1.807) is 0 Å². The summed E-state index contributed by atoms with van der Waals surface area (Å²) in [4.78, 5) is 9.51. The van der Waals surface area contributed by atoms with Crippen LogP contribution in [0, 0.1) is 0 Å². The van der Waals surface area contributed by atoms with E-state index < -0.39 is 5.41 Å². The van der Waals surface area contributed by atoms with Gasteiger partial charge in [0.1, 0.15) is 5.69 Å². The van der Waals surface area contributed by atoms with Gasteiger partial charge in [-0.1, -0.05) is 114 Å². The summed E-state index contributed by atoms with van der Waals surface area (Å²) >= 11 is 0. The van der Waals surface area contributed by atoms with Crippen LogP contribution < -0.4 is 4.67 Å². The van der Waals surface area contributed by atoms with Crippen molar-refractivity contribution in [2.24, 2.45) is 0 Å². The maximum Gasteiger partial charge on any atom is 0.317 e. The summed E-state index contributed by atoms with van der Waals surface area (Å²) in [7, 11) is 0. The quantitative estimate of drug-likeness (QED) is 0.167. The first-order valence-electron chi connectivity index (χ1n) is 19.0. The lowest BCUT2D eigenvalue weighted by Gasteiger charge is -2.33. The van der Waals surface area contributed by atoms with E-state index in [1.807, 2.05) is 31.0 Å². The second-order valence-corrected chi connectivity index (χ2v) is 14.7. The van der Waals surface area contributed by atoms with Gasteiger partial charge in [-0.05, 0) is 88.0 Å². The molecule has 0 unspecified atom stereocenters. The molecule has 0 saturated heterocycles. The Labute approximate surface area is 322 Å². The maximum absolute atomic E-state index is 5.09. The van der Waals surface area contributed by atoms with Crippen LogP contribution in [-0.4, -0.2) is 31.5 Å². The highest BCUT2D eigenvalue weighted by atomic mass is 15.0. The zero-order valence-corrected chi connectivity index (χ0v) is 30.2. The molecule has 6 aromatic carbocycles. The van der Waals surface area contributed by atoms with E-state index in [2.05, 4.69) is 183 Å². The molecule has 0 amide bonds. The third-order valence-electron chi connectivity index (χ3n) is 11.9. The molecule has 0 atom stereocenters. The summed E-state index contributed by atoms with van der Waals surface area (Å²) in [6.45, 7) is 0. The van der Waals surface area contributed by atoms with E-state index in [-0.39, 0.29) is 0 Å². The molecule has 2 aliphatic rings. The molecular weight excluding hydrogens is 683 g/mol. The molecule has 0 radical (unpaired) electrons. The van der Waals surface area contributed by atoms with Crippen molar-refractivity contribution in [3.8, 4) is 33.8 Å². The van der Waals surface area contributed by atoms with Crippen molar-refractivity contribution in [2.45, 2.75) is 5.41 Å². The molecule has 56 heavy (non-hydrogen) atoms. The fraction of sp³-hybridized carbons (Fsp3) is 0.0196. The van der Waals surface area contributed by atoms with Crippen LogP contribution in [0.2, 0.25) is 0 Å². The normalized spacial score (nSPS) is 13.4. The van der Waals surface area contributed by atoms with Crippen molar-refractivity contribution in [1.82, 2.24) is 23.8 Å². The van der Waals surface area contributed by atoms with E-state index in [4.69, 9.17) is 4.98 Å². The van der Waals surface area contributed by atoms with Crippen LogP contribution in [0.25, 0.3) is 66.5 Å². The molecule has 0 fully saturated rings. The fourth-order valence-electron chi connectivity index (χ4n) is 9.54. The second-order valence-electron chi connectivity index (χ2n) is 14.7. The highest BCUT2D eigenvalue weighted by molar-refractivity contribution is 6.13. The molecule has 5 heteroatoms. The fourth-order valence-corrected chi connectivity index (χ4v) is 9.54. The third-order valence-corrected chi connectivity index (χ3v) is 11.9. The van der Waals surface area contributed by atoms with Gasteiger partial charge in [0.2, 0.25) is 0 Å². The Morgan fingerprint density at radius 1 is 0.482 bits per heavy atom. The average Bonchev–Trinajstić information content (AvgIpc) is 4.02. The number of para-hydroxylation sites is 1. The molecule has 5 heterocycles. The van der Waals surface area contributed by atoms with Crippen molar-refractivity contribution < 1.29 is 0 Å². The molecule has 260 valence electrons. The topological polar surface area (TPSA) is 49.7 Å². The number of pyridine rings is 2. The Hall–Kier alpha value is -7.59. The molecule has 1 aliphatic carbocycles. The van der Waals surface area contributed by atoms with Gasteiger partial charge in [0.05, 0.1) is 39.4 Å². The van der Waals surface area contributed by atoms with Crippen LogP contribution in [0.3, 0.4) is 0 Å². The lowest BCUT2D eigenvalue weighted by Crippen LogP contribution is -2.28. The average molecular weight is 715 g/mol. The van der Waals surface area contributed by atoms with Crippen molar-refractivity contribution in [1.29, 1.82) is 0 Å². The van der Waals surface area contributed by atoms with Gasteiger partial charge in [-0.2, -0.15) is 0 Å². The molecule has 12 rings (SSSR count). The van der Waals surface area contributed by atoms with Gasteiger partial charge in [0, 0.05) is 45.5 Å². The molecule has 0 N–H and O–H groups in total. The number of benzene rings is 6. The predicted molar refractivity (Wildman–Crippen MR) is 228 cm³/mol. The van der Waals surface area contributed by atoms with Crippen LogP contribution in [-0.2, 0) is 5.41 Å². The van der Waals surface area contributed by atoms with Gasteiger partial charge < -0.3 is 9.13 Å². The standard InChI is InChI=1S/C51H32N5/c1-3-10-35(11-4-1)51(36-12-5-2-6-13-36)44-15-9-26-54-50(44)42-29-47-41(28-45(42)51)39-14-7-8-16-46(39)55(47)37-21-17-33(18-22-37)34-19-23-38(24-20-34)56-48-31-52-27-25-40(48)43-30-53-32-49(43)56/h1-32H/q+1. The number of fused-ring (bicyclic) bond motifs is 9. The largest absolute Gasteiger partial charge is 0.317 e. The molecule has 4 aromatic heterocycles. The first-order chi connectivity index (χ1) is 27.8. The molecule has 0 spiro atoms. The Morgan fingerprint density at radius 2 is 1.16 bits per heavy atom. The zero-order chi connectivity index (χ0) is 36.8. The number of aromatic nitrogens is 4. The zero-order valence-electron chi connectivity index (χ0n) is 30.2. The van der Waals surface area contributed by atoms with Gasteiger partial charge in [-0.15, -0.1) is 0 Å². The number of rotatable bonds is 5. The minimum absolute atomic E-state index is 0.506. The first-order valence-corrected chi connectivity index (χ1v) is 19.0. The van der Waals surface area contributed by atoms with E-state index in [9.17, 15) is 0 Å². The van der Waals surface area contributed by atoms with Crippen molar-refractivity contribution in [2.75, 3.05) is 0 Å². The Balaban J connectivity index is 1.00. The third kappa shape index (κ3) is 4.17. The second kappa shape index (κ2) is 11.7. The monoisotopic (exact) mass is 714 g/mol. The Kier molecular flexibility index (Phi) is 6.44. The van der Waals surface area contributed by atoms with Gasteiger partial charge in [-0.3, -0.25) is 9.97 Å². The number of nitrogens with zero attached hydrogens (tertiary/aromatic N) is 5. The van der Waals surface area contributed by atoms with E-state index >= 15 is 0 Å². The summed E-state index contributed by atoms with van der Waals surface area (Å²) in [6, 6.07) is 59.6. The number of hydrogen-bond acceptors (Lipinski definition) is 2. The molecule has 0 bridgehead atoms. The van der Waals surface area contributed by atoms with Crippen LogP contribution in [0.4, 0.5) is 0 Å².